The van der Waals surface area contributed by atoms with Gasteiger partial charge in [0.15, 0.2) is 0 Å². The van der Waals surface area contributed by atoms with E-state index in [1.54, 1.807) is 48.9 Å². The first kappa shape index (κ1) is 22.5. The van der Waals surface area contributed by atoms with Crippen molar-refractivity contribution in [1.29, 1.82) is 0 Å². The summed E-state index contributed by atoms with van der Waals surface area (Å²) < 4.78 is 12.3. The Balaban J connectivity index is 1.55. The highest BCUT2D eigenvalue weighted by Crippen LogP contribution is 2.30. The highest BCUT2D eigenvalue weighted by atomic mass is 32.2. The highest BCUT2D eigenvalue weighted by molar-refractivity contribution is 8.01. The van der Waals surface area contributed by atoms with Crippen LogP contribution < -0.4 is 10.6 Å². The predicted molar refractivity (Wildman–Crippen MR) is 120 cm³/mol. The summed E-state index contributed by atoms with van der Waals surface area (Å²) in [4.78, 5) is 63.8. The fourth-order valence-corrected chi connectivity index (χ4v) is 4.89. The van der Waals surface area contributed by atoms with E-state index < -0.39 is 45.5 Å². The van der Waals surface area contributed by atoms with Crippen molar-refractivity contribution in [2.75, 3.05) is 12.5 Å². The van der Waals surface area contributed by atoms with Crippen molar-refractivity contribution >= 4 is 39.5 Å². The van der Waals surface area contributed by atoms with E-state index in [0.717, 1.165) is 4.90 Å². The molecule has 0 spiro atoms. The summed E-state index contributed by atoms with van der Waals surface area (Å²) in [7, 11) is -2.54. The number of carbonyl (C=O) groups excluding carboxylic acids is 5. The quantitative estimate of drug-likeness (QED) is 0.436. The molecule has 0 bridgehead atoms. The number of nitrogens with zero attached hydrogens (tertiary/aromatic N) is 1. The molecule has 1 fully saturated rings. The van der Waals surface area contributed by atoms with Crippen LogP contribution in [0.4, 0.5) is 0 Å². The largest absolute Gasteiger partial charge is 0.348 e. The third kappa shape index (κ3) is 4.21. The zero-order valence-electron chi connectivity index (χ0n) is 18.1. The first-order chi connectivity index (χ1) is 15.6. The van der Waals surface area contributed by atoms with Crippen LogP contribution in [0.5, 0.6) is 0 Å². The number of rotatable bonds is 5. The average molecular weight is 470 g/mol. The third-order valence-electron chi connectivity index (χ3n) is 5.72. The molecular weight excluding hydrogens is 446 g/mol. The Hall–Kier alpha value is -3.66. The van der Waals surface area contributed by atoms with Gasteiger partial charge < -0.3 is 5.32 Å². The van der Waals surface area contributed by atoms with E-state index in [4.69, 9.17) is 0 Å². The molecule has 0 saturated carbocycles. The van der Waals surface area contributed by atoms with Gasteiger partial charge in [0.25, 0.3) is 17.7 Å². The molecule has 1 atom stereocenters. The smallest absolute Gasteiger partial charge is 0.262 e. The lowest BCUT2D eigenvalue weighted by Crippen LogP contribution is -2.54. The number of thiol groups is 1. The minimum Gasteiger partial charge on any atom is -0.348 e. The lowest BCUT2D eigenvalue weighted by atomic mass is 10.0. The fraction of sp³-hybridized carbons (Fsp3) is 0.261. The number of hydrogen-bond donors (Lipinski definition) is 3. The zero-order chi connectivity index (χ0) is 23.9. The predicted octanol–water partition coefficient (Wildman–Crippen LogP) is 0.653. The molecule has 0 aliphatic carbocycles. The van der Waals surface area contributed by atoms with E-state index in [0.29, 0.717) is 16.0 Å². The van der Waals surface area contributed by atoms with Crippen molar-refractivity contribution in [2.45, 2.75) is 30.3 Å². The lowest BCUT2D eigenvalue weighted by molar-refractivity contribution is -0.136. The third-order valence-corrected chi connectivity index (χ3v) is 7.25. The Kier molecular flexibility index (Phi) is 5.71. The molecule has 2 heterocycles. The second-order valence-electron chi connectivity index (χ2n) is 8.37. The van der Waals surface area contributed by atoms with Crippen molar-refractivity contribution in [1.82, 2.24) is 15.5 Å². The Bertz CT molecular complexity index is 1260. The maximum Gasteiger partial charge on any atom is 0.262 e. The maximum atomic E-state index is 13.1. The number of carbonyl (C=O) groups is 5. The molecule has 10 heteroatoms. The Morgan fingerprint density at radius 2 is 1.82 bits per heavy atom. The number of amides is 5. The number of benzene rings is 2. The summed E-state index contributed by atoms with van der Waals surface area (Å²) in [5.74, 6) is -2.77. The Labute approximate surface area is 191 Å². The van der Waals surface area contributed by atoms with Gasteiger partial charge in [-0.05, 0) is 48.8 Å². The van der Waals surface area contributed by atoms with Crippen molar-refractivity contribution < 1.29 is 28.2 Å². The van der Waals surface area contributed by atoms with Gasteiger partial charge in [0.2, 0.25) is 11.8 Å². The molecule has 33 heavy (non-hydrogen) atoms. The SMILES string of the molecule is C[SH](C)(=O)c1cccc(C(=O)NCc2cccc3c2C(=O)N(C2CCC(=O)NC2=O)C3=O)c1. The summed E-state index contributed by atoms with van der Waals surface area (Å²) in [6, 6.07) is 10.2. The van der Waals surface area contributed by atoms with Gasteiger partial charge in [-0.2, -0.15) is 0 Å². The highest BCUT2D eigenvalue weighted by Gasteiger charge is 2.45. The van der Waals surface area contributed by atoms with Crippen LogP contribution in [0.3, 0.4) is 0 Å². The molecule has 2 aromatic rings. The van der Waals surface area contributed by atoms with Gasteiger partial charge in [0, 0.05) is 23.4 Å². The first-order valence-corrected chi connectivity index (χ1v) is 13.0. The van der Waals surface area contributed by atoms with Gasteiger partial charge in [-0.1, -0.05) is 28.1 Å². The van der Waals surface area contributed by atoms with E-state index in [-0.39, 0.29) is 30.5 Å². The Morgan fingerprint density at radius 1 is 1.09 bits per heavy atom. The van der Waals surface area contributed by atoms with E-state index >= 15 is 0 Å². The fourth-order valence-electron chi connectivity index (χ4n) is 3.99. The summed E-state index contributed by atoms with van der Waals surface area (Å²) in [5.41, 5.74) is 1.04. The molecule has 2 aliphatic heterocycles. The number of fused-ring (bicyclic) bond motifs is 1. The van der Waals surface area contributed by atoms with E-state index in [1.807, 2.05) is 0 Å². The van der Waals surface area contributed by atoms with Crippen LogP contribution in [0.2, 0.25) is 0 Å². The summed E-state index contributed by atoms with van der Waals surface area (Å²) in [5, 5.41) is 4.89. The van der Waals surface area contributed by atoms with Crippen LogP contribution in [-0.2, 0) is 26.1 Å². The van der Waals surface area contributed by atoms with Crippen molar-refractivity contribution in [3.63, 3.8) is 0 Å². The van der Waals surface area contributed by atoms with Gasteiger partial charge >= 0.3 is 0 Å². The topological polar surface area (TPSA) is 130 Å². The molecular formula is C23H23N3O6S. The van der Waals surface area contributed by atoms with Crippen molar-refractivity contribution in [3.05, 3.63) is 64.7 Å². The van der Waals surface area contributed by atoms with Crippen LogP contribution in [-0.4, -0.2) is 57.2 Å². The minimum absolute atomic E-state index is 0.0235. The molecule has 2 aromatic carbocycles. The molecule has 172 valence electrons. The standard InChI is InChI=1S/C23H23N3O6S/c1-33(2,32)15-7-3-5-13(11-15)20(28)24-12-14-6-4-8-16-19(14)23(31)26(22(16)30)17-9-10-18(27)25-21(17)29/h3-8,11,17,33H,9-10,12H2,1-2H3,(H,24,28)(H,25,27,29). The summed E-state index contributed by atoms with van der Waals surface area (Å²) in [6.07, 6.45) is 3.34. The van der Waals surface area contributed by atoms with Crippen molar-refractivity contribution in [3.8, 4) is 0 Å². The number of nitrogens with one attached hydrogen (secondary N) is 2. The monoisotopic (exact) mass is 469 g/mol. The summed E-state index contributed by atoms with van der Waals surface area (Å²) in [6.45, 7) is -0.0235. The van der Waals surface area contributed by atoms with Crippen LogP contribution in [0.15, 0.2) is 47.4 Å². The molecule has 2 aliphatic rings. The number of imide groups is 2. The Morgan fingerprint density at radius 3 is 2.52 bits per heavy atom. The molecule has 0 aromatic heterocycles. The molecule has 4 rings (SSSR count). The van der Waals surface area contributed by atoms with E-state index in [1.165, 1.54) is 6.07 Å². The van der Waals surface area contributed by atoms with E-state index in [2.05, 4.69) is 10.6 Å². The van der Waals surface area contributed by atoms with Gasteiger partial charge in [0.1, 0.15) is 6.04 Å². The number of piperidine rings is 1. The number of hydrogen-bond acceptors (Lipinski definition) is 6. The molecule has 5 amide bonds. The second-order valence-corrected chi connectivity index (χ2v) is 11.6. The average Bonchev–Trinajstić information content (AvgIpc) is 3.02. The van der Waals surface area contributed by atoms with Gasteiger partial charge in [0.05, 0.1) is 11.1 Å². The zero-order valence-corrected chi connectivity index (χ0v) is 19.0. The van der Waals surface area contributed by atoms with Crippen LogP contribution >= 0.6 is 0 Å². The molecule has 1 unspecified atom stereocenters. The van der Waals surface area contributed by atoms with Gasteiger partial charge in [-0.25, -0.2) is 0 Å². The maximum absolute atomic E-state index is 13.1. The van der Waals surface area contributed by atoms with Gasteiger partial charge in [-0.15, -0.1) is 0 Å². The van der Waals surface area contributed by atoms with Gasteiger partial charge in [-0.3, -0.25) is 38.4 Å². The van der Waals surface area contributed by atoms with Crippen LogP contribution in [0.25, 0.3) is 0 Å². The van der Waals surface area contributed by atoms with Crippen molar-refractivity contribution in [2.24, 2.45) is 0 Å². The lowest BCUT2D eigenvalue weighted by Gasteiger charge is -2.27. The first-order valence-electron chi connectivity index (χ1n) is 10.3. The minimum atomic E-state index is -2.54. The molecule has 2 N–H and O–H groups in total. The van der Waals surface area contributed by atoms with E-state index in [9.17, 15) is 28.2 Å². The normalized spacial score (nSPS) is 18.7. The molecule has 0 radical (unpaired) electrons. The molecule has 9 nitrogen and oxygen atoms in total. The second kappa shape index (κ2) is 8.36. The van der Waals surface area contributed by atoms with Crippen LogP contribution in [0.1, 0.15) is 49.5 Å². The van der Waals surface area contributed by atoms with Crippen LogP contribution in [0, 0.1) is 0 Å². The molecule has 1 saturated heterocycles. The summed E-state index contributed by atoms with van der Waals surface area (Å²) >= 11 is 0.